The number of nitrogens with zero attached hydrogens (tertiary/aromatic N) is 4. The molecule has 1 aromatic rings. The molecule has 1 rings (SSSR count). The van der Waals surface area contributed by atoms with Crippen molar-refractivity contribution >= 4 is 29.9 Å². The van der Waals surface area contributed by atoms with E-state index >= 15 is 0 Å². The van der Waals surface area contributed by atoms with Gasteiger partial charge in [-0.15, -0.1) is 30.6 Å². The number of allylic oxidation sites excluding steroid dienone is 1. The molecule has 0 amide bonds. The van der Waals surface area contributed by atoms with Crippen molar-refractivity contribution in [2.75, 3.05) is 20.1 Å². The van der Waals surface area contributed by atoms with Crippen LogP contribution in [0.15, 0.2) is 22.2 Å². The molecule has 6 nitrogen and oxygen atoms in total. The predicted octanol–water partition coefficient (Wildman–Crippen LogP) is 4.13. The Balaban J connectivity index is 0.00000576. The number of hydrogen-bond donors (Lipinski definition) is 1. The van der Waals surface area contributed by atoms with Crippen molar-refractivity contribution in [2.45, 2.75) is 65.3 Å². The summed E-state index contributed by atoms with van der Waals surface area (Å²) in [5.74, 6) is 2.14. The highest BCUT2D eigenvalue weighted by molar-refractivity contribution is 14.0. The van der Waals surface area contributed by atoms with Crippen LogP contribution in [-0.4, -0.2) is 41.1 Å². The van der Waals surface area contributed by atoms with E-state index in [-0.39, 0.29) is 29.4 Å². The standard InChI is InChI=1S/C18H33N5O.HI/c1-7-9-10-11-12-13-23(6)17(19-8-2)20-14-15-21-16(24-22-15)18(3,4)5;/h7H,1,8-14H2,2-6H3,(H,19,20);1H. The Labute approximate surface area is 169 Å². The number of aliphatic imine (C=N–C) groups is 1. The normalized spacial score (nSPS) is 11.8. The van der Waals surface area contributed by atoms with Gasteiger partial charge in [-0.3, -0.25) is 0 Å². The van der Waals surface area contributed by atoms with E-state index in [1.54, 1.807) is 0 Å². The van der Waals surface area contributed by atoms with E-state index in [4.69, 9.17) is 4.52 Å². The number of aromatic nitrogens is 2. The van der Waals surface area contributed by atoms with Gasteiger partial charge in [0.25, 0.3) is 0 Å². The molecular formula is C18H34IN5O. The molecule has 0 aliphatic rings. The number of nitrogens with one attached hydrogen (secondary N) is 1. The molecule has 0 aliphatic carbocycles. The third kappa shape index (κ3) is 9.23. The first kappa shape index (κ1) is 23.9. The Hall–Kier alpha value is -1.12. The van der Waals surface area contributed by atoms with Gasteiger partial charge in [-0.1, -0.05) is 38.4 Å². The van der Waals surface area contributed by atoms with Gasteiger partial charge in [-0.25, -0.2) is 4.99 Å². The third-order valence-electron chi connectivity index (χ3n) is 3.58. The SMILES string of the molecule is C=CCCCCCN(C)C(=NCc1noc(C(C)(C)C)n1)NCC.I. The van der Waals surface area contributed by atoms with Gasteiger partial charge >= 0.3 is 0 Å². The molecule has 0 fully saturated rings. The molecule has 7 heteroatoms. The molecule has 25 heavy (non-hydrogen) atoms. The van der Waals surface area contributed by atoms with Crippen LogP contribution < -0.4 is 5.32 Å². The maximum absolute atomic E-state index is 5.31. The zero-order valence-corrected chi connectivity index (χ0v) is 18.7. The maximum Gasteiger partial charge on any atom is 0.232 e. The molecule has 1 N–H and O–H groups in total. The largest absolute Gasteiger partial charge is 0.357 e. The predicted molar refractivity (Wildman–Crippen MR) is 115 cm³/mol. The zero-order valence-electron chi connectivity index (χ0n) is 16.3. The van der Waals surface area contributed by atoms with Gasteiger partial charge in [-0.2, -0.15) is 4.98 Å². The summed E-state index contributed by atoms with van der Waals surface area (Å²) in [6.07, 6.45) is 6.61. The molecule has 144 valence electrons. The minimum Gasteiger partial charge on any atom is -0.357 e. The van der Waals surface area contributed by atoms with Crippen LogP contribution in [0.4, 0.5) is 0 Å². The monoisotopic (exact) mass is 463 g/mol. The van der Waals surface area contributed by atoms with Crippen molar-refractivity contribution in [3.63, 3.8) is 0 Å². The summed E-state index contributed by atoms with van der Waals surface area (Å²) in [7, 11) is 2.06. The summed E-state index contributed by atoms with van der Waals surface area (Å²) in [5.41, 5.74) is -0.137. The highest BCUT2D eigenvalue weighted by Crippen LogP contribution is 2.19. The Bertz CT molecular complexity index is 522. The molecule has 0 aliphatic heterocycles. The molecule has 0 bridgehead atoms. The molecule has 1 heterocycles. The van der Waals surface area contributed by atoms with Crippen LogP contribution in [-0.2, 0) is 12.0 Å². The van der Waals surface area contributed by atoms with E-state index in [9.17, 15) is 0 Å². The second-order valence-electron chi connectivity index (χ2n) is 7.00. The maximum atomic E-state index is 5.31. The second-order valence-corrected chi connectivity index (χ2v) is 7.00. The zero-order chi connectivity index (χ0) is 18.0. The molecular weight excluding hydrogens is 429 g/mol. The number of guanidine groups is 1. The second kappa shape index (κ2) is 12.3. The molecule has 0 unspecified atom stereocenters. The average Bonchev–Trinajstić information content (AvgIpc) is 3.00. The highest BCUT2D eigenvalue weighted by atomic mass is 127. The molecule has 1 aromatic heterocycles. The van der Waals surface area contributed by atoms with Crippen molar-refractivity contribution in [2.24, 2.45) is 4.99 Å². The summed E-state index contributed by atoms with van der Waals surface area (Å²) < 4.78 is 5.31. The van der Waals surface area contributed by atoms with Crippen LogP contribution in [0.5, 0.6) is 0 Å². The molecule has 0 saturated carbocycles. The van der Waals surface area contributed by atoms with Crippen LogP contribution in [0.2, 0.25) is 0 Å². The number of hydrogen-bond acceptors (Lipinski definition) is 4. The van der Waals surface area contributed by atoms with Crippen molar-refractivity contribution in [1.29, 1.82) is 0 Å². The van der Waals surface area contributed by atoms with E-state index in [0.29, 0.717) is 18.3 Å². The highest BCUT2D eigenvalue weighted by Gasteiger charge is 2.21. The van der Waals surface area contributed by atoms with Gasteiger partial charge in [0.2, 0.25) is 5.89 Å². The summed E-state index contributed by atoms with van der Waals surface area (Å²) in [6.45, 7) is 14.2. The minimum atomic E-state index is -0.137. The lowest BCUT2D eigenvalue weighted by molar-refractivity contribution is 0.318. The summed E-state index contributed by atoms with van der Waals surface area (Å²) in [6, 6.07) is 0. The lowest BCUT2D eigenvalue weighted by Gasteiger charge is -2.21. The smallest absolute Gasteiger partial charge is 0.232 e. The number of unbranched alkanes of at least 4 members (excludes halogenated alkanes) is 3. The van der Waals surface area contributed by atoms with Crippen molar-refractivity contribution < 1.29 is 4.52 Å². The average molecular weight is 463 g/mol. The van der Waals surface area contributed by atoms with E-state index in [0.717, 1.165) is 31.9 Å². The number of rotatable bonds is 9. The van der Waals surface area contributed by atoms with E-state index in [1.165, 1.54) is 12.8 Å². The lowest BCUT2D eigenvalue weighted by Crippen LogP contribution is -2.39. The molecule has 0 aromatic carbocycles. The van der Waals surface area contributed by atoms with Gasteiger partial charge in [-0.05, 0) is 26.2 Å². The van der Waals surface area contributed by atoms with E-state index < -0.39 is 0 Å². The van der Waals surface area contributed by atoms with Crippen LogP contribution in [0, 0.1) is 0 Å². The van der Waals surface area contributed by atoms with Crippen molar-refractivity contribution in [3.8, 4) is 0 Å². The quantitative estimate of drug-likeness (QED) is 0.196. The van der Waals surface area contributed by atoms with Crippen LogP contribution in [0.1, 0.15) is 65.1 Å². The van der Waals surface area contributed by atoms with Crippen LogP contribution >= 0.6 is 24.0 Å². The van der Waals surface area contributed by atoms with E-state index in [2.05, 4.69) is 66.7 Å². The molecule has 0 spiro atoms. The van der Waals surface area contributed by atoms with Crippen LogP contribution in [0.25, 0.3) is 0 Å². The summed E-state index contributed by atoms with van der Waals surface area (Å²) in [5, 5.41) is 7.34. The Morgan fingerprint density at radius 2 is 2.04 bits per heavy atom. The number of halogens is 1. The first-order valence-corrected chi connectivity index (χ1v) is 8.82. The fourth-order valence-corrected chi connectivity index (χ4v) is 2.16. The fourth-order valence-electron chi connectivity index (χ4n) is 2.16. The Morgan fingerprint density at radius 1 is 1.32 bits per heavy atom. The van der Waals surface area contributed by atoms with Gasteiger partial charge in [0.1, 0.15) is 6.54 Å². The van der Waals surface area contributed by atoms with Crippen LogP contribution in [0.3, 0.4) is 0 Å². The Kier molecular flexibility index (Phi) is 11.7. The molecule has 0 radical (unpaired) electrons. The fraction of sp³-hybridized carbons (Fsp3) is 0.722. The van der Waals surface area contributed by atoms with Gasteiger partial charge in [0.05, 0.1) is 0 Å². The minimum absolute atomic E-state index is 0. The lowest BCUT2D eigenvalue weighted by atomic mass is 9.97. The molecule has 0 saturated heterocycles. The first-order chi connectivity index (χ1) is 11.4. The first-order valence-electron chi connectivity index (χ1n) is 8.82. The molecule has 0 atom stereocenters. The Morgan fingerprint density at radius 3 is 2.60 bits per heavy atom. The van der Waals surface area contributed by atoms with Crippen molar-refractivity contribution in [1.82, 2.24) is 20.4 Å². The van der Waals surface area contributed by atoms with Gasteiger partial charge in [0, 0.05) is 25.6 Å². The third-order valence-corrected chi connectivity index (χ3v) is 3.58. The van der Waals surface area contributed by atoms with Crippen molar-refractivity contribution in [3.05, 3.63) is 24.4 Å². The van der Waals surface area contributed by atoms with Gasteiger partial charge in [0.15, 0.2) is 11.8 Å². The summed E-state index contributed by atoms with van der Waals surface area (Å²) >= 11 is 0. The topological polar surface area (TPSA) is 66.5 Å². The van der Waals surface area contributed by atoms with Gasteiger partial charge < -0.3 is 14.7 Å². The summed E-state index contributed by atoms with van der Waals surface area (Å²) in [4.78, 5) is 11.2. The van der Waals surface area contributed by atoms with E-state index in [1.807, 2.05) is 6.08 Å².